The SMILES string of the molecule is COc1ccc2cccc(CC(=O)N3CC[C@](C)(C(=O)O)C3)c2c1. The predicted octanol–water partition coefficient (Wildman–Crippen LogP) is 2.71. The molecule has 2 aromatic carbocycles. The third kappa shape index (κ3) is 2.94. The lowest BCUT2D eigenvalue weighted by molar-refractivity contribution is -0.147. The quantitative estimate of drug-likeness (QED) is 0.937. The maximum Gasteiger partial charge on any atom is 0.311 e. The van der Waals surface area contributed by atoms with Crippen molar-refractivity contribution >= 4 is 22.6 Å². The first-order chi connectivity index (χ1) is 11.4. The summed E-state index contributed by atoms with van der Waals surface area (Å²) in [5, 5.41) is 11.4. The molecule has 1 amide bonds. The van der Waals surface area contributed by atoms with Crippen molar-refractivity contribution in [2.24, 2.45) is 5.41 Å². The van der Waals surface area contributed by atoms with Gasteiger partial charge in [0.15, 0.2) is 0 Å². The number of aliphatic carboxylic acids is 1. The average Bonchev–Trinajstić information content (AvgIpc) is 2.99. The number of fused-ring (bicyclic) bond motifs is 1. The van der Waals surface area contributed by atoms with Crippen LogP contribution in [0.4, 0.5) is 0 Å². The zero-order valence-electron chi connectivity index (χ0n) is 13.9. The maximum absolute atomic E-state index is 12.6. The highest BCUT2D eigenvalue weighted by Crippen LogP contribution is 2.31. The molecule has 0 aromatic heterocycles. The van der Waals surface area contributed by atoms with Crippen molar-refractivity contribution in [2.45, 2.75) is 19.8 Å². The van der Waals surface area contributed by atoms with Gasteiger partial charge in [0.1, 0.15) is 5.75 Å². The summed E-state index contributed by atoms with van der Waals surface area (Å²) in [4.78, 5) is 25.6. The summed E-state index contributed by atoms with van der Waals surface area (Å²) in [7, 11) is 1.62. The van der Waals surface area contributed by atoms with E-state index in [-0.39, 0.29) is 18.9 Å². The van der Waals surface area contributed by atoms with Crippen LogP contribution in [0.2, 0.25) is 0 Å². The minimum absolute atomic E-state index is 0.0321. The maximum atomic E-state index is 12.6. The van der Waals surface area contributed by atoms with Crippen LogP contribution in [-0.4, -0.2) is 42.1 Å². The standard InChI is InChI=1S/C19H21NO4/c1-19(18(22)23)8-9-20(12-19)17(21)10-14-5-3-4-13-6-7-15(24-2)11-16(13)14/h3-7,11H,8-10,12H2,1-2H3,(H,22,23)/t19-/m0/s1. The topological polar surface area (TPSA) is 66.8 Å². The van der Waals surface area contributed by atoms with E-state index in [0.29, 0.717) is 13.0 Å². The zero-order valence-corrected chi connectivity index (χ0v) is 13.9. The molecule has 1 fully saturated rings. The molecule has 5 heteroatoms. The molecule has 1 saturated heterocycles. The molecular formula is C19H21NO4. The van der Waals surface area contributed by atoms with E-state index < -0.39 is 11.4 Å². The van der Waals surface area contributed by atoms with Crippen LogP contribution in [0.1, 0.15) is 18.9 Å². The fourth-order valence-corrected chi connectivity index (χ4v) is 3.22. The first-order valence-corrected chi connectivity index (χ1v) is 8.00. The number of likely N-dealkylation sites (tertiary alicyclic amines) is 1. The molecule has 0 saturated carbocycles. The highest BCUT2D eigenvalue weighted by Gasteiger charge is 2.41. The molecule has 3 rings (SSSR count). The van der Waals surface area contributed by atoms with Crippen LogP contribution in [0, 0.1) is 5.41 Å². The van der Waals surface area contributed by atoms with Gasteiger partial charge in [0.05, 0.1) is 18.9 Å². The second-order valence-corrected chi connectivity index (χ2v) is 6.61. The Kier molecular flexibility index (Phi) is 4.18. The van der Waals surface area contributed by atoms with E-state index in [2.05, 4.69) is 0 Å². The molecule has 0 aliphatic carbocycles. The molecule has 5 nitrogen and oxygen atoms in total. The lowest BCUT2D eigenvalue weighted by Crippen LogP contribution is -2.35. The Morgan fingerprint density at radius 2 is 2.08 bits per heavy atom. The molecule has 24 heavy (non-hydrogen) atoms. The van der Waals surface area contributed by atoms with Crippen molar-refractivity contribution in [1.29, 1.82) is 0 Å². The van der Waals surface area contributed by atoms with E-state index in [1.54, 1.807) is 18.9 Å². The monoisotopic (exact) mass is 327 g/mol. The Balaban J connectivity index is 1.82. The van der Waals surface area contributed by atoms with Crippen molar-refractivity contribution in [1.82, 2.24) is 4.90 Å². The van der Waals surface area contributed by atoms with Gasteiger partial charge in [0.2, 0.25) is 5.91 Å². The Hall–Kier alpha value is -2.56. The highest BCUT2D eigenvalue weighted by atomic mass is 16.5. The Morgan fingerprint density at radius 1 is 1.29 bits per heavy atom. The van der Waals surface area contributed by atoms with Crippen LogP contribution in [-0.2, 0) is 16.0 Å². The molecular weight excluding hydrogens is 306 g/mol. The van der Waals surface area contributed by atoms with Gasteiger partial charge in [-0.15, -0.1) is 0 Å². The van der Waals surface area contributed by atoms with Crippen molar-refractivity contribution < 1.29 is 19.4 Å². The summed E-state index contributed by atoms with van der Waals surface area (Å²) in [6.45, 7) is 2.47. The molecule has 1 heterocycles. The van der Waals surface area contributed by atoms with E-state index >= 15 is 0 Å². The van der Waals surface area contributed by atoms with Crippen LogP contribution in [0.3, 0.4) is 0 Å². The number of hydrogen-bond acceptors (Lipinski definition) is 3. The van der Waals surface area contributed by atoms with E-state index in [1.807, 2.05) is 36.4 Å². The van der Waals surface area contributed by atoms with Gasteiger partial charge in [0, 0.05) is 13.1 Å². The molecule has 0 bridgehead atoms. The Bertz CT molecular complexity index is 801. The highest BCUT2D eigenvalue weighted by molar-refractivity contribution is 5.91. The predicted molar refractivity (Wildman–Crippen MR) is 91.1 cm³/mol. The van der Waals surface area contributed by atoms with Crippen LogP contribution in [0.25, 0.3) is 10.8 Å². The van der Waals surface area contributed by atoms with Crippen molar-refractivity contribution in [3.8, 4) is 5.75 Å². The van der Waals surface area contributed by atoms with E-state index in [4.69, 9.17) is 4.74 Å². The summed E-state index contributed by atoms with van der Waals surface area (Å²) in [6, 6.07) is 11.7. The van der Waals surface area contributed by atoms with Crippen molar-refractivity contribution in [3.63, 3.8) is 0 Å². The molecule has 1 atom stereocenters. The summed E-state index contributed by atoms with van der Waals surface area (Å²) < 4.78 is 5.28. The number of carbonyl (C=O) groups is 2. The Labute approximate surface area is 140 Å². The zero-order chi connectivity index (χ0) is 17.3. The third-order valence-corrected chi connectivity index (χ3v) is 4.86. The van der Waals surface area contributed by atoms with Gasteiger partial charge in [-0.3, -0.25) is 9.59 Å². The van der Waals surface area contributed by atoms with Gasteiger partial charge in [-0.25, -0.2) is 0 Å². The lowest BCUT2D eigenvalue weighted by Gasteiger charge is -2.20. The van der Waals surface area contributed by atoms with Gasteiger partial charge >= 0.3 is 5.97 Å². The number of carbonyl (C=O) groups excluding carboxylic acids is 1. The normalized spacial score (nSPS) is 20.3. The first-order valence-electron chi connectivity index (χ1n) is 8.00. The fraction of sp³-hybridized carbons (Fsp3) is 0.368. The summed E-state index contributed by atoms with van der Waals surface area (Å²) in [6.07, 6.45) is 0.762. The molecule has 0 spiro atoms. The van der Waals surface area contributed by atoms with Gasteiger partial charge in [-0.1, -0.05) is 24.3 Å². The first kappa shape index (κ1) is 16.3. The number of ether oxygens (including phenoxy) is 1. The smallest absolute Gasteiger partial charge is 0.311 e. The summed E-state index contributed by atoms with van der Waals surface area (Å²) in [5.41, 5.74) is 0.0952. The third-order valence-electron chi connectivity index (χ3n) is 4.86. The van der Waals surface area contributed by atoms with Crippen LogP contribution in [0.5, 0.6) is 5.75 Å². The van der Waals surface area contributed by atoms with Crippen molar-refractivity contribution in [3.05, 3.63) is 42.0 Å². The van der Waals surface area contributed by atoms with Crippen molar-refractivity contribution in [2.75, 3.05) is 20.2 Å². The van der Waals surface area contributed by atoms with E-state index in [1.165, 1.54) is 0 Å². The lowest BCUT2D eigenvalue weighted by atomic mass is 9.90. The van der Waals surface area contributed by atoms with Gasteiger partial charge in [-0.2, -0.15) is 0 Å². The van der Waals surface area contributed by atoms with Crippen LogP contribution in [0.15, 0.2) is 36.4 Å². The minimum Gasteiger partial charge on any atom is -0.497 e. The molecule has 1 N–H and O–H groups in total. The summed E-state index contributed by atoms with van der Waals surface area (Å²) >= 11 is 0. The van der Waals surface area contributed by atoms with Gasteiger partial charge in [0.25, 0.3) is 0 Å². The molecule has 0 unspecified atom stereocenters. The van der Waals surface area contributed by atoms with Crippen LogP contribution >= 0.6 is 0 Å². The Morgan fingerprint density at radius 3 is 2.75 bits per heavy atom. The number of methoxy groups -OCH3 is 1. The number of nitrogens with zero attached hydrogens (tertiary/aromatic N) is 1. The van der Waals surface area contributed by atoms with E-state index in [9.17, 15) is 14.7 Å². The number of rotatable bonds is 4. The molecule has 2 aromatic rings. The molecule has 126 valence electrons. The molecule has 1 aliphatic heterocycles. The largest absolute Gasteiger partial charge is 0.497 e. The van der Waals surface area contributed by atoms with E-state index in [0.717, 1.165) is 22.1 Å². The molecule has 0 radical (unpaired) electrons. The number of benzene rings is 2. The van der Waals surface area contributed by atoms with Gasteiger partial charge in [-0.05, 0) is 41.8 Å². The summed E-state index contributed by atoms with van der Waals surface area (Å²) in [5.74, 6) is -0.120. The number of hydrogen-bond donors (Lipinski definition) is 1. The fourth-order valence-electron chi connectivity index (χ4n) is 3.22. The molecule has 1 aliphatic rings. The van der Waals surface area contributed by atoms with Crippen LogP contribution < -0.4 is 4.74 Å². The number of carboxylic acid groups (broad SMARTS) is 1. The second kappa shape index (κ2) is 6.15. The van der Waals surface area contributed by atoms with Gasteiger partial charge < -0.3 is 14.7 Å². The number of amides is 1. The minimum atomic E-state index is -0.840. The average molecular weight is 327 g/mol. The number of carboxylic acids is 1. The second-order valence-electron chi connectivity index (χ2n) is 6.61.